The molecule has 2 rings (SSSR count). The maximum atomic E-state index is 4.80. The Kier molecular flexibility index (Phi) is 2.41. The molecule has 0 saturated heterocycles. The first kappa shape index (κ1) is 11.6. The third kappa shape index (κ3) is 1.88. The van der Waals surface area contributed by atoms with Crippen molar-refractivity contribution in [1.82, 2.24) is 4.98 Å². The van der Waals surface area contributed by atoms with Gasteiger partial charge in [-0.05, 0) is 35.4 Å². The molecule has 1 aliphatic carbocycles. The minimum Gasteiger partial charge on any atom is -0.257 e. The molecule has 0 atom stereocenters. The zero-order valence-corrected chi connectivity index (χ0v) is 11.4. The Morgan fingerprint density at radius 3 is 1.94 bits per heavy atom. The van der Waals surface area contributed by atoms with E-state index in [1.807, 2.05) is 0 Å². The first-order valence-electron chi connectivity index (χ1n) is 6.23. The second kappa shape index (κ2) is 3.32. The van der Waals surface area contributed by atoms with Gasteiger partial charge in [-0.3, -0.25) is 4.98 Å². The quantitative estimate of drug-likeness (QED) is 0.644. The Bertz CT molecular complexity index is 416. The molecule has 0 N–H and O–H groups in total. The van der Waals surface area contributed by atoms with E-state index in [0.717, 1.165) is 0 Å². The summed E-state index contributed by atoms with van der Waals surface area (Å²) in [5, 5.41) is 0. The van der Waals surface area contributed by atoms with Crippen LogP contribution < -0.4 is 0 Å². The van der Waals surface area contributed by atoms with Crippen LogP contribution in [0.4, 0.5) is 0 Å². The van der Waals surface area contributed by atoms with Crippen LogP contribution in [0.2, 0.25) is 0 Å². The highest BCUT2D eigenvalue weighted by Gasteiger charge is 2.29. The fourth-order valence-electron chi connectivity index (χ4n) is 2.23. The number of fused-ring (bicyclic) bond motifs is 1. The smallest absolute Gasteiger partial charge is 0.0463 e. The summed E-state index contributed by atoms with van der Waals surface area (Å²) < 4.78 is 0. The summed E-state index contributed by atoms with van der Waals surface area (Å²) in [5.74, 6) is 0. The lowest BCUT2D eigenvalue weighted by Gasteiger charge is -2.32. The summed E-state index contributed by atoms with van der Waals surface area (Å²) in [6.07, 6.45) is 2.39. The summed E-state index contributed by atoms with van der Waals surface area (Å²) >= 11 is 0. The van der Waals surface area contributed by atoms with Crippen LogP contribution in [-0.4, -0.2) is 4.98 Å². The minimum absolute atomic E-state index is 0.157. The fourth-order valence-corrected chi connectivity index (χ4v) is 2.23. The molecule has 1 aromatic heterocycles. The van der Waals surface area contributed by atoms with E-state index in [4.69, 9.17) is 4.98 Å². The summed E-state index contributed by atoms with van der Waals surface area (Å²) in [6, 6.07) is 2.33. The van der Waals surface area contributed by atoms with Gasteiger partial charge in [0.2, 0.25) is 0 Å². The highest BCUT2D eigenvalue weighted by molar-refractivity contribution is 5.43. The summed E-state index contributed by atoms with van der Waals surface area (Å²) in [4.78, 5) is 4.80. The SMILES string of the molecule is CC(C)(C)c1cc(C(C)(C)C)c2c(n1)CC2. The van der Waals surface area contributed by atoms with Crippen molar-refractivity contribution in [1.29, 1.82) is 0 Å². The molecule has 0 amide bonds. The predicted molar refractivity (Wildman–Crippen MR) is 69.0 cm³/mol. The summed E-state index contributed by atoms with van der Waals surface area (Å²) in [5.41, 5.74) is 6.01. The summed E-state index contributed by atoms with van der Waals surface area (Å²) in [7, 11) is 0. The van der Waals surface area contributed by atoms with Crippen LogP contribution in [0.5, 0.6) is 0 Å². The van der Waals surface area contributed by atoms with Gasteiger partial charge >= 0.3 is 0 Å². The molecule has 0 aliphatic heterocycles. The number of pyridine rings is 1. The molecule has 1 aliphatic rings. The number of rotatable bonds is 0. The molecular weight excluding hydrogens is 194 g/mol. The van der Waals surface area contributed by atoms with Crippen molar-refractivity contribution in [2.24, 2.45) is 0 Å². The Morgan fingerprint density at radius 1 is 0.938 bits per heavy atom. The van der Waals surface area contributed by atoms with Crippen LogP contribution in [0.15, 0.2) is 6.07 Å². The summed E-state index contributed by atoms with van der Waals surface area (Å²) in [6.45, 7) is 13.6. The lowest BCUT2D eigenvalue weighted by molar-refractivity contribution is 0.531. The van der Waals surface area contributed by atoms with Gasteiger partial charge < -0.3 is 0 Å². The molecule has 1 heteroatoms. The molecule has 0 fully saturated rings. The zero-order chi connectivity index (χ0) is 12.1. The van der Waals surface area contributed by atoms with Gasteiger partial charge in [0, 0.05) is 16.8 Å². The van der Waals surface area contributed by atoms with Crippen molar-refractivity contribution in [2.45, 2.75) is 65.2 Å². The van der Waals surface area contributed by atoms with Crippen molar-refractivity contribution in [3.8, 4) is 0 Å². The van der Waals surface area contributed by atoms with E-state index >= 15 is 0 Å². The molecule has 1 nitrogen and oxygen atoms in total. The van der Waals surface area contributed by atoms with E-state index in [1.54, 1.807) is 0 Å². The van der Waals surface area contributed by atoms with Crippen molar-refractivity contribution in [2.75, 3.05) is 0 Å². The van der Waals surface area contributed by atoms with Gasteiger partial charge in [-0.25, -0.2) is 0 Å². The van der Waals surface area contributed by atoms with E-state index in [2.05, 4.69) is 47.6 Å². The van der Waals surface area contributed by atoms with Crippen molar-refractivity contribution in [3.63, 3.8) is 0 Å². The lowest BCUT2D eigenvalue weighted by atomic mass is 9.75. The lowest BCUT2D eigenvalue weighted by Crippen LogP contribution is -2.26. The molecule has 0 unspecified atom stereocenters. The molecule has 16 heavy (non-hydrogen) atoms. The van der Waals surface area contributed by atoms with Gasteiger partial charge in [0.15, 0.2) is 0 Å². The van der Waals surface area contributed by atoms with Crippen molar-refractivity contribution >= 4 is 0 Å². The first-order valence-corrected chi connectivity index (χ1v) is 6.23. The fraction of sp³-hybridized carbons (Fsp3) is 0.667. The zero-order valence-electron chi connectivity index (χ0n) is 11.4. The average Bonchev–Trinajstić information content (AvgIpc) is 2.02. The van der Waals surface area contributed by atoms with Crippen LogP contribution in [0.3, 0.4) is 0 Å². The third-order valence-corrected chi connectivity index (χ3v) is 3.40. The molecule has 0 aromatic carbocycles. The largest absolute Gasteiger partial charge is 0.257 e. The van der Waals surface area contributed by atoms with E-state index < -0.39 is 0 Å². The maximum absolute atomic E-state index is 4.80. The first-order chi connectivity index (χ1) is 7.19. The standard InChI is InChI=1S/C15H23N/c1-14(2,3)11-9-13(15(4,5)6)16-12-8-7-10(11)12/h9H,7-8H2,1-6H3. The molecule has 0 saturated carbocycles. The van der Waals surface area contributed by atoms with Crippen molar-refractivity contribution in [3.05, 3.63) is 28.6 Å². The van der Waals surface area contributed by atoms with E-state index in [-0.39, 0.29) is 10.8 Å². The molecular formula is C15H23N. The normalized spacial score (nSPS) is 15.6. The van der Waals surface area contributed by atoms with Crippen LogP contribution >= 0.6 is 0 Å². The second-order valence-corrected chi connectivity index (χ2v) is 6.98. The van der Waals surface area contributed by atoms with Crippen LogP contribution in [0.25, 0.3) is 0 Å². The Morgan fingerprint density at radius 2 is 1.56 bits per heavy atom. The molecule has 1 heterocycles. The number of aryl methyl sites for hydroxylation is 1. The van der Waals surface area contributed by atoms with Gasteiger partial charge in [-0.15, -0.1) is 0 Å². The average molecular weight is 217 g/mol. The molecule has 0 bridgehead atoms. The maximum Gasteiger partial charge on any atom is 0.0463 e. The van der Waals surface area contributed by atoms with E-state index in [0.29, 0.717) is 0 Å². The van der Waals surface area contributed by atoms with Gasteiger partial charge in [0.05, 0.1) is 0 Å². The Balaban J connectivity index is 2.58. The second-order valence-electron chi connectivity index (χ2n) is 6.98. The van der Waals surface area contributed by atoms with Crippen LogP contribution in [0.1, 0.15) is 64.1 Å². The van der Waals surface area contributed by atoms with Gasteiger partial charge in [0.25, 0.3) is 0 Å². The van der Waals surface area contributed by atoms with E-state index in [9.17, 15) is 0 Å². The Labute approximate surface area is 99.3 Å². The number of aromatic nitrogens is 1. The third-order valence-electron chi connectivity index (χ3n) is 3.40. The molecule has 0 spiro atoms. The van der Waals surface area contributed by atoms with E-state index in [1.165, 1.54) is 35.4 Å². The van der Waals surface area contributed by atoms with Crippen LogP contribution in [0, 0.1) is 0 Å². The van der Waals surface area contributed by atoms with Gasteiger partial charge in [-0.2, -0.15) is 0 Å². The number of hydrogen-bond donors (Lipinski definition) is 0. The van der Waals surface area contributed by atoms with Gasteiger partial charge in [-0.1, -0.05) is 41.5 Å². The highest BCUT2D eigenvalue weighted by atomic mass is 14.8. The number of hydrogen-bond acceptors (Lipinski definition) is 1. The highest BCUT2D eigenvalue weighted by Crippen LogP contribution is 2.36. The minimum atomic E-state index is 0.157. The van der Waals surface area contributed by atoms with Gasteiger partial charge in [0.1, 0.15) is 0 Å². The molecule has 0 radical (unpaired) electrons. The Hall–Kier alpha value is -0.850. The molecule has 88 valence electrons. The topological polar surface area (TPSA) is 12.9 Å². The molecule has 1 aromatic rings. The van der Waals surface area contributed by atoms with Crippen LogP contribution in [-0.2, 0) is 23.7 Å². The predicted octanol–water partition coefficient (Wildman–Crippen LogP) is 3.78. The number of nitrogens with zero attached hydrogens (tertiary/aromatic N) is 1. The monoisotopic (exact) mass is 217 g/mol. The van der Waals surface area contributed by atoms with Crippen molar-refractivity contribution < 1.29 is 0 Å².